The van der Waals surface area contributed by atoms with Crippen molar-refractivity contribution in [2.24, 2.45) is 0 Å². The predicted octanol–water partition coefficient (Wildman–Crippen LogP) is 4.76. The quantitative estimate of drug-likeness (QED) is 0.487. The summed E-state index contributed by atoms with van der Waals surface area (Å²) in [7, 11) is -3.82. The van der Waals surface area contributed by atoms with Crippen molar-refractivity contribution >= 4 is 27.5 Å². The number of sulfone groups is 1. The first-order valence-corrected chi connectivity index (χ1v) is 13.3. The van der Waals surface area contributed by atoms with E-state index < -0.39 is 9.84 Å². The maximum Gasteiger partial charge on any atom is 0.230 e. The van der Waals surface area contributed by atoms with Crippen molar-refractivity contribution < 1.29 is 13.2 Å². The molecule has 2 N–H and O–H groups in total. The number of carbonyl (C=O) groups is 1. The number of nitrogens with zero attached hydrogens (tertiary/aromatic N) is 1. The van der Waals surface area contributed by atoms with Crippen molar-refractivity contribution in [1.82, 2.24) is 15.3 Å². The molecule has 0 unspecified atom stereocenters. The Morgan fingerprint density at radius 2 is 1.75 bits per heavy atom. The number of carbonyl (C=O) groups excluding carboxylic acids is 1. The molecular formula is C24H27N3O3S2. The summed E-state index contributed by atoms with van der Waals surface area (Å²) in [4.78, 5) is 20.3. The van der Waals surface area contributed by atoms with E-state index in [-0.39, 0.29) is 27.6 Å². The Kier molecular flexibility index (Phi) is 7.01. The van der Waals surface area contributed by atoms with Crippen molar-refractivity contribution in [2.45, 2.75) is 60.0 Å². The molecule has 1 amide bonds. The molecule has 1 aromatic heterocycles. The molecule has 0 atom stereocenters. The lowest BCUT2D eigenvalue weighted by atomic mass is 9.95. The number of imidazole rings is 1. The van der Waals surface area contributed by atoms with Crippen LogP contribution < -0.4 is 5.32 Å². The van der Waals surface area contributed by atoms with Gasteiger partial charge in [-0.3, -0.25) is 4.79 Å². The first-order valence-electron chi connectivity index (χ1n) is 10.8. The van der Waals surface area contributed by atoms with Crippen LogP contribution in [0, 0.1) is 6.92 Å². The second-order valence-corrected chi connectivity index (χ2v) is 10.9. The van der Waals surface area contributed by atoms with Crippen LogP contribution in [0.5, 0.6) is 0 Å². The number of amides is 1. The zero-order chi connectivity index (χ0) is 22.6. The van der Waals surface area contributed by atoms with Crippen LogP contribution in [-0.2, 0) is 14.6 Å². The van der Waals surface area contributed by atoms with Gasteiger partial charge < -0.3 is 10.3 Å². The minimum atomic E-state index is -3.82. The predicted molar refractivity (Wildman–Crippen MR) is 126 cm³/mol. The number of aromatic nitrogens is 2. The van der Waals surface area contributed by atoms with E-state index in [1.54, 1.807) is 24.3 Å². The number of aromatic amines is 1. The summed E-state index contributed by atoms with van der Waals surface area (Å²) in [6.07, 6.45) is 5.50. The van der Waals surface area contributed by atoms with Gasteiger partial charge in [-0.1, -0.05) is 79.1 Å². The molecule has 0 bridgehead atoms. The third-order valence-electron chi connectivity index (χ3n) is 5.60. The molecule has 1 aliphatic carbocycles. The van der Waals surface area contributed by atoms with Crippen molar-refractivity contribution in [2.75, 3.05) is 5.75 Å². The third-order valence-corrected chi connectivity index (χ3v) is 8.43. The molecule has 1 heterocycles. The zero-order valence-electron chi connectivity index (χ0n) is 18.0. The number of rotatable bonds is 7. The molecule has 1 saturated carbocycles. The van der Waals surface area contributed by atoms with E-state index in [2.05, 4.69) is 15.3 Å². The monoisotopic (exact) mass is 469 g/mol. The molecule has 0 saturated heterocycles. The average molecular weight is 470 g/mol. The number of thioether (sulfide) groups is 1. The molecular weight excluding hydrogens is 442 g/mol. The maximum absolute atomic E-state index is 13.4. The fourth-order valence-corrected chi connectivity index (χ4v) is 6.27. The Morgan fingerprint density at radius 1 is 1.06 bits per heavy atom. The molecule has 1 fully saturated rings. The third kappa shape index (κ3) is 5.24. The smallest absolute Gasteiger partial charge is 0.230 e. The van der Waals surface area contributed by atoms with Gasteiger partial charge in [0.25, 0.3) is 0 Å². The van der Waals surface area contributed by atoms with Crippen LogP contribution in [0.2, 0.25) is 0 Å². The van der Waals surface area contributed by atoms with Crippen LogP contribution in [0.4, 0.5) is 0 Å². The summed E-state index contributed by atoms with van der Waals surface area (Å²) in [5, 5.41) is 3.41. The molecule has 32 heavy (non-hydrogen) atoms. The van der Waals surface area contributed by atoms with Crippen molar-refractivity contribution in [3.05, 3.63) is 60.2 Å². The molecule has 3 aromatic rings. The second kappa shape index (κ2) is 9.92. The lowest BCUT2D eigenvalue weighted by molar-refractivity contribution is -0.119. The molecule has 2 aromatic carbocycles. The first kappa shape index (κ1) is 22.6. The maximum atomic E-state index is 13.4. The topological polar surface area (TPSA) is 91.9 Å². The van der Waals surface area contributed by atoms with Gasteiger partial charge in [0.1, 0.15) is 10.9 Å². The highest BCUT2D eigenvalue weighted by Gasteiger charge is 2.27. The van der Waals surface area contributed by atoms with Gasteiger partial charge in [0.05, 0.1) is 10.6 Å². The molecule has 0 aliphatic heterocycles. The Bertz CT molecular complexity index is 1170. The molecule has 168 valence electrons. The van der Waals surface area contributed by atoms with Crippen molar-refractivity contribution in [1.29, 1.82) is 0 Å². The minimum Gasteiger partial charge on any atom is -0.353 e. The van der Waals surface area contributed by atoms with Crippen LogP contribution in [0.15, 0.2) is 69.5 Å². The fraction of sp³-hybridized carbons (Fsp3) is 0.333. The van der Waals surface area contributed by atoms with Gasteiger partial charge in [-0.2, -0.15) is 0 Å². The van der Waals surface area contributed by atoms with E-state index in [1.165, 1.54) is 6.42 Å². The van der Waals surface area contributed by atoms with Gasteiger partial charge in [0.15, 0.2) is 5.03 Å². The normalized spacial score (nSPS) is 14.9. The van der Waals surface area contributed by atoms with Gasteiger partial charge in [0, 0.05) is 11.6 Å². The van der Waals surface area contributed by atoms with Crippen LogP contribution in [-0.4, -0.2) is 36.1 Å². The SMILES string of the molecule is Cc1ccc(S(=O)(=O)c2[nH]c(-c3ccccc3)nc2SCC(=O)NC2CCCCC2)cc1. The van der Waals surface area contributed by atoms with E-state index in [0.717, 1.165) is 48.6 Å². The number of benzene rings is 2. The standard InChI is InChI=1S/C24H27N3O3S2/c1-17-12-14-20(15-13-17)32(29,30)24-23(26-22(27-24)18-8-4-2-5-9-18)31-16-21(28)25-19-10-6-3-7-11-19/h2,4-5,8-9,12-15,19H,3,6-7,10-11,16H2,1H3,(H,25,28)(H,26,27). The molecule has 6 nitrogen and oxygen atoms in total. The summed E-state index contributed by atoms with van der Waals surface area (Å²) in [5.41, 5.74) is 1.76. The fourth-order valence-electron chi connectivity index (χ4n) is 3.84. The highest BCUT2D eigenvalue weighted by molar-refractivity contribution is 8.00. The number of H-pyrrole nitrogens is 1. The molecule has 0 radical (unpaired) electrons. The minimum absolute atomic E-state index is 0.0238. The van der Waals surface area contributed by atoms with E-state index in [4.69, 9.17) is 0 Å². The van der Waals surface area contributed by atoms with E-state index in [0.29, 0.717) is 10.9 Å². The molecule has 1 aliphatic rings. The number of nitrogens with one attached hydrogen (secondary N) is 2. The first-order chi connectivity index (χ1) is 15.4. The van der Waals surface area contributed by atoms with Crippen LogP contribution in [0.1, 0.15) is 37.7 Å². The number of hydrogen-bond acceptors (Lipinski definition) is 5. The van der Waals surface area contributed by atoms with Crippen molar-refractivity contribution in [3.63, 3.8) is 0 Å². The molecule has 0 spiro atoms. The van der Waals surface area contributed by atoms with Crippen LogP contribution in [0.3, 0.4) is 0 Å². The van der Waals surface area contributed by atoms with E-state index in [1.807, 2.05) is 37.3 Å². The Balaban J connectivity index is 1.60. The highest BCUT2D eigenvalue weighted by atomic mass is 32.2. The van der Waals surface area contributed by atoms with E-state index >= 15 is 0 Å². The number of aryl methyl sites for hydroxylation is 1. The largest absolute Gasteiger partial charge is 0.353 e. The lowest BCUT2D eigenvalue weighted by Gasteiger charge is -2.22. The van der Waals surface area contributed by atoms with Crippen molar-refractivity contribution in [3.8, 4) is 11.4 Å². The number of hydrogen-bond donors (Lipinski definition) is 2. The summed E-state index contributed by atoms with van der Waals surface area (Å²) in [6.45, 7) is 1.91. The Labute approximate surface area is 193 Å². The van der Waals surface area contributed by atoms with Gasteiger partial charge in [-0.25, -0.2) is 13.4 Å². The van der Waals surface area contributed by atoms with Crippen LogP contribution >= 0.6 is 11.8 Å². The summed E-state index contributed by atoms with van der Waals surface area (Å²) in [6, 6.07) is 16.3. The summed E-state index contributed by atoms with van der Waals surface area (Å²) in [5.74, 6) is 0.489. The lowest BCUT2D eigenvalue weighted by Crippen LogP contribution is -2.37. The van der Waals surface area contributed by atoms with E-state index in [9.17, 15) is 13.2 Å². The van der Waals surface area contributed by atoms with Gasteiger partial charge in [-0.15, -0.1) is 0 Å². The zero-order valence-corrected chi connectivity index (χ0v) is 19.6. The molecule has 8 heteroatoms. The van der Waals surface area contributed by atoms with Gasteiger partial charge in [-0.05, 0) is 31.9 Å². The summed E-state index contributed by atoms with van der Waals surface area (Å²) < 4.78 is 26.8. The summed E-state index contributed by atoms with van der Waals surface area (Å²) >= 11 is 1.15. The van der Waals surface area contributed by atoms with Gasteiger partial charge >= 0.3 is 0 Å². The molecule has 4 rings (SSSR count). The average Bonchev–Trinajstić information content (AvgIpc) is 3.25. The Morgan fingerprint density at radius 3 is 2.44 bits per heavy atom. The Hall–Kier alpha value is -2.58. The second-order valence-electron chi connectivity index (χ2n) is 8.09. The van der Waals surface area contributed by atoms with Crippen LogP contribution in [0.25, 0.3) is 11.4 Å². The highest BCUT2D eigenvalue weighted by Crippen LogP contribution is 2.32. The van der Waals surface area contributed by atoms with Gasteiger partial charge in [0.2, 0.25) is 15.7 Å².